The maximum Gasteiger partial charge on any atom is 0.244 e. The van der Waals surface area contributed by atoms with Gasteiger partial charge in [0.25, 0.3) is 0 Å². The average molecular weight is 483 g/mol. The average Bonchev–Trinajstić information content (AvgIpc) is 2.78. The molecule has 3 N–H and O–H groups in total. The van der Waals surface area contributed by atoms with Gasteiger partial charge in [-0.25, -0.2) is 21.9 Å². The number of para-hydroxylation sites is 1. The molecule has 1 amide bonds. The van der Waals surface area contributed by atoms with E-state index in [2.05, 4.69) is 10.0 Å². The van der Waals surface area contributed by atoms with Crippen LogP contribution in [0.2, 0.25) is 0 Å². The molecule has 0 fully saturated rings. The number of halogens is 2. The van der Waals surface area contributed by atoms with Crippen molar-refractivity contribution in [3.63, 3.8) is 0 Å². The van der Waals surface area contributed by atoms with Crippen molar-refractivity contribution in [1.82, 2.24) is 10.0 Å². The number of methoxy groups -OCH3 is 1. The van der Waals surface area contributed by atoms with Crippen molar-refractivity contribution >= 4 is 15.9 Å². The molecule has 3 atom stereocenters. The first-order valence-corrected chi connectivity index (χ1v) is 11.5. The van der Waals surface area contributed by atoms with Gasteiger partial charge in [-0.05, 0) is 29.8 Å². The maximum absolute atomic E-state index is 13.3. The molecule has 3 rings (SSSR count). The van der Waals surface area contributed by atoms with E-state index in [0.717, 1.165) is 18.2 Å². The van der Waals surface area contributed by atoms with Gasteiger partial charge in [0.15, 0.2) is 0 Å². The highest BCUT2D eigenvalue weighted by atomic mass is 32.2. The summed E-state index contributed by atoms with van der Waals surface area (Å²) in [5.74, 6) is -1.77. The van der Waals surface area contributed by atoms with E-state index in [0.29, 0.717) is 0 Å². The number of ether oxygens (including phenoxy) is 2. The van der Waals surface area contributed by atoms with E-state index in [1.807, 2.05) is 0 Å². The summed E-state index contributed by atoms with van der Waals surface area (Å²) in [7, 11) is -2.63. The van der Waals surface area contributed by atoms with Crippen LogP contribution in [0.4, 0.5) is 8.78 Å². The minimum absolute atomic E-state index is 0.0622. The minimum Gasteiger partial charge on any atom is -0.495 e. The summed E-state index contributed by atoms with van der Waals surface area (Å²) in [6, 6.07) is 8.18. The number of benzene rings is 2. The molecule has 8 nitrogen and oxygen atoms in total. The van der Waals surface area contributed by atoms with E-state index in [1.165, 1.54) is 31.4 Å². The lowest BCUT2D eigenvalue weighted by molar-refractivity contribution is -0.125. The Balaban J connectivity index is 1.61. The van der Waals surface area contributed by atoms with Crippen LogP contribution in [0, 0.1) is 11.6 Å². The summed E-state index contributed by atoms with van der Waals surface area (Å²) in [5, 5.41) is 12.2. The Bertz CT molecular complexity index is 1110. The Morgan fingerprint density at radius 3 is 2.52 bits per heavy atom. The Morgan fingerprint density at radius 2 is 1.85 bits per heavy atom. The predicted molar refractivity (Wildman–Crippen MR) is 115 cm³/mol. The standard InChI is InChI=1S/C22H24F2N2O6S/c1-31-19-4-2-3-5-21(19)33(29,30)26-18-7-6-17(32-20(18)13-27)11-22(28)25-12-14-8-15(23)10-16(24)9-14/h2-10,17-18,20,26-27H,11-13H2,1H3,(H,25,28)/t17-,18-,20+/m1/s1. The molecular formula is C22H24F2N2O6S. The SMILES string of the molecule is COc1ccccc1S(=O)(=O)N[C@@H]1C=C[C@H](CC(=O)NCc2cc(F)cc(F)c2)O[C@H]1CO. The van der Waals surface area contributed by atoms with Gasteiger partial charge in [0.05, 0.1) is 32.3 Å². The largest absolute Gasteiger partial charge is 0.495 e. The molecule has 0 bridgehead atoms. The Labute approximate surface area is 190 Å². The van der Waals surface area contributed by atoms with Crippen molar-refractivity contribution in [1.29, 1.82) is 0 Å². The fourth-order valence-corrected chi connectivity index (χ4v) is 4.75. The topological polar surface area (TPSA) is 114 Å². The van der Waals surface area contributed by atoms with Crippen LogP contribution in [0.15, 0.2) is 59.5 Å². The molecule has 178 valence electrons. The Hall–Kier alpha value is -2.86. The number of carbonyl (C=O) groups is 1. The fourth-order valence-electron chi connectivity index (χ4n) is 3.36. The molecule has 0 spiro atoms. The highest BCUT2D eigenvalue weighted by Crippen LogP contribution is 2.24. The fraction of sp³-hybridized carbons (Fsp3) is 0.318. The van der Waals surface area contributed by atoms with Gasteiger partial charge in [-0.1, -0.05) is 24.3 Å². The predicted octanol–water partition coefficient (Wildman–Crippen LogP) is 1.64. The van der Waals surface area contributed by atoms with E-state index in [4.69, 9.17) is 9.47 Å². The lowest BCUT2D eigenvalue weighted by atomic mass is 10.1. The van der Waals surface area contributed by atoms with Crippen LogP contribution in [0.25, 0.3) is 0 Å². The van der Waals surface area contributed by atoms with Crippen LogP contribution < -0.4 is 14.8 Å². The van der Waals surface area contributed by atoms with Crippen molar-refractivity contribution in [2.45, 2.75) is 36.1 Å². The first-order valence-electron chi connectivity index (χ1n) is 10.0. The molecule has 0 saturated carbocycles. The van der Waals surface area contributed by atoms with E-state index >= 15 is 0 Å². The number of aliphatic hydroxyl groups excluding tert-OH is 1. The molecule has 0 unspecified atom stereocenters. The van der Waals surface area contributed by atoms with Crippen LogP contribution in [0.1, 0.15) is 12.0 Å². The second-order valence-electron chi connectivity index (χ2n) is 7.34. The van der Waals surface area contributed by atoms with E-state index in [1.54, 1.807) is 12.1 Å². The summed E-state index contributed by atoms with van der Waals surface area (Å²) in [6.07, 6.45) is 1.24. The van der Waals surface area contributed by atoms with E-state index in [9.17, 15) is 27.1 Å². The second-order valence-corrected chi connectivity index (χ2v) is 9.02. The van der Waals surface area contributed by atoms with Crippen LogP contribution in [-0.4, -0.2) is 51.4 Å². The minimum atomic E-state index is -3.99. The number of aliphatic hydroxyl groups is 1. The van der Waals surface area contributed by atoms with E-state index < -0.39 is 52.4 Å². The normalized spacial score (nSPS) is 20.4. The van der Waals surface area contributed by atoms with Gasteiger partial charge in [-0.3, -0.25) is 4.79 Å². The number of hydrogen-bond acceptors (Lipinski definition) is 6. The van der Waals surface area contributed by atoms with Crippen LogP contribution in [-0.2, 0) is 26.1 Å². The second kappa shape index (κ2) is 10.8. The molecule has 2 aromatic carbocycles. The molecule has 1 aliphatic rings. The highest BCUT2D eigenvalue weighted by Gasteiger charge is 2.32. The zero-order chi connectivity index (χ0) is 24.0. The van der Waals surface area contributed by atoms with Crippen molar-refractivity contribution < 1.29 is 36.6 Å². The van der Waals surface area contributed by atoms with Crippen LogP contribution >= 0.6 is 0 Å². The molecule has 0 aromatic heterocycles. The molecule has 1 aliphatic heterocycles. The van der Waals surface area contributed by atoms with E-state index in [-0.39, 0.29) is 29.2 Å². The van der Waals surface area contributed by atoms with Crippen molar-refractivity contribution in [2.75, 3.05) is 13.7 Å². The van der Waals surface area contributed by atoms with Crippen molar-refractivity contribution in [3.05, 3.63) is 71.8 Å². The van der Waals surface area contributed by atoms with Gasteiger partial charge < -0.3 is 19.9 Å². The smallest absolute Gasteiger partial charge is 0.244 e. The first kappa shape index (κ1) is 24.8. The molecular weight excluding hydrogens is 458 g/mol. The number of carbonyl (C=O) groups excluding carboxylic acids is 1. The number of nitrogens with one attached hydrogen (secondary N) is 2. The third-order valence-electron chi connectivity index (χ3n) is 4.91. The number of hydrogen-bond donors (Lipinski definition) is 3. The lowest BCUT2D eigenvalue weighted by Gasteiger charge is -2.31. The summed E-state index contributed by atoms with van der Waals surface area (Å²) >= 11 is 0. The quantitative estimate of drug-likeness (QED) is 0.469. The van der Waals surface area contributed by atoms with Crippen molar-refractivity contribution in [3.8, 4) is 5.75 Å². The van der Waals surface area contributed by atoms with Crippen molar-refractivity contribution in [2.24, 2.45) is 0 Å². The summed E-state index contributed by atoms with van der Waals surface area (Å²) < 4.78 is 65.3. The number of amides is 1. The van der Waals surface area contributed by atoms with Crippen LogP contribution in [0.5, 0.6) is 5.75 Å². The Kier molecular flexibility index (Phi) is 8.14. The van der Waals surface area contributed by atoms with Gasteiger partial charge in [-0.15, -0.1) is 0 Å². The third-order valence-corrected chi connectivity index (χ3v) is 6.41. The maximum atomic E-state index is 13.3. The highest BCUT2D eigenvalue weighted by molar-refractivity contribution is 7.89. The zero-order valence-corrected chi connectivity index (χ0v) is 18.5. The van der Waals surface area contributed by atoms with Gasteiger partial charge in [-0.2, -0.15) is 0 Å². The summed E-state index contributed by atoms with van der Waals surface area (Å²) in [4.78, 5) is 12.2. The molecule has 0 radical (unpaired) electrons. The van der Waals surface area contributed by atoms with Gasteiger partial charge in [0.2, 0.25) is 15.9 Å². The molecule has 1 heterocycles. The molecule has 2 aromatic rings. The number of rotatable bonds is 9. The first-order chi connectivity index (χ1) is 15.7. The monoisotopic (exact) mass is 482 g/mol. The summed E-state index contributed by atoms with van der Waals surface area (Å²) in [5.41, 5.74) is 0.264. The van der Waals surface area contributed by atoms with Crippen LogP contribution in [0.3, 0.4) is 0 Å². The third kappa shape index (κ3) is 6.57. The molecule has 11 heteroatoms. The molecule has 0 saturated heterocycles. The molecule has 0 aliphatic carbocycles. The number of sulfonamides is 1. The van der Waals surface area contributed by atoms with Gasteiger partial charge in [0, 0.05) is 12.6 Å². The summed E-state index contributed by atoms with van der Waals surface area (Å²) in [6.45, 7) is -0.571. The zero-order valence-electron chi connectivity index (χ0n) is 17.7. The molecule has 33 heavy (non-hydrogen) atoms. The van der Waals surface area contributed by atoms with Gasteiger partial charge >= 0.3 is 0 Å². The Morgan fingerprint density at radius 1 is 1.15 bits per heavy atom. The van der Waals surface area contributed by atoms with Gasteiger partial charge in [0.1, 0.15) is 28.4 Å². The lowest BCUT2D eigenvalue weighted by Crippen LogP contribution is -2.49.